The van der Waals surface area contributed by atoms with E-state index >= 15 is 0 Å². The lowest BCUT2D eigenvalue weighted by molar-refractivity contribution is -0.406. The molecule has 3 unspecified atom stereocenters. The van der Waals surface area contributed by atoms with E-state index in [9.17, 15) is 4.79 Å². The summed E-state index contributed by atoms with van der Waals surface area (Å²) in [4.78, 5) is 12.2. The molecule has 162 valence electrons. The van der Waals surface area contributed by atoms with Crippen molar-refractivity contribution in [2.75, 3.05) is 14.2 Å². The highest BCUT2D eigenvalue weighted by Gasteiger charge is 2.57. The highest BCUT2D eigenvalue weighted by atomic mass is 16.8. The Bertz CT molecular complexity index is 648. The minimum Gasteiger partial charge on any atom is -0.425 e. The maximum absolute atomic E-state index is 12.2. The lowest BCUT2D eigenvalue weighted by atomic mass is 10.0. The Balaban J connectivity index is 2.22. The summed E-state index contributed by atoms with van der Waals surface area (Å²) in [5.74, 6) is 8.90. The summed E-state index contributed by atoms with van der Waals surface area (Å²) >= 11 is 0. The van der Waals surface area contributed by atoms with Crippen molar-refractivity contribution in [3.8, 4) is 23.7 Å². The van der Waals surface area contributed by atoms with Gasteiger partial charge in [0, 0.05) is 27.6 Å². The van der Waals surface area contributed by atoms with Crippen LogP contribution in [0.3, 0.4) is 0 Å². The molecule has 0 aromatic carbocycles. The Morgan fingerprint density at radius 3 is 2.45 bits per heavy atom. The van der Waals surface area contributed by atoms with Gasteiger partial charge in [-0.2, -0.15) is 0 Å². The fraction of sp³-hybridized carbons (Fsp3) is 0.708. The molecule has 1 aliphatic heterocycles. The van der Waals surface area contributed by atoms with Crippen molar-refractivity contribution in [2.24, 2.45) is 0 Å². The number of methoxy groups -OCH3 is 2. The fourth-order valence-corrected chi connectivity index (χ4v) is 2.95. The van der Waals surface area contributed by atoms with Crippen molar-refractivity contribution >= 4 is 5.97 Å². The van der Waals surface area contributed by atoms with Crippen LogP contribution in [0.15, 0.2) is 12.2 Å². The van der Waals surface area contributed by atoms with E-state index in [0.29, 0.717) is 6.42 Å². The number of ether oxygens (including phenoxy) is 4. The lowest BCUT2D eigenvalue weighted by Gasteiger charge is -2.47. The third-order valence-electron chi connectivity index (χ3n) is 5.20. The highest BCUT2D eigenvalue weighted by Crippen LogP contribution is 2.38. The molecule has 5 nitrogen and oxygen atoms in total. The molecule has 0 bridgehead atoms. The number of allylic oxidation sites excluding steroid dienone is 2. The maximum Gasteiger partial charge on any atom is 0.338 e. The summed E-state index contributed by atoms with van der Waals surface area (Å²) in [5, 5.41) is 0. The van der Waals surface area contributed by atoms with Crippen LogP contribution in [-0.2, 0) is 23.7 Å². The van der Waals surface area contributed by atoms with Crippen molar-refractivity contribution in [1.29, 1.82) is 0 Å². The molecule has 0 saturated carbocycles. The Labute approximate surface area is 176 Å². The molecular formula is C24H36O5. The van der Waals surface area contributed by atoms with Crippen LogP contribution < -0.4 is 0 Å². The van der Waals surface area contributed by atoms with Crippen LogP contribution >= 0.6 is 0 Å². The van der Waals surface area contributed by atoms with Crippen molar-refractivity contribution in [2.45, 2.75) is 96.2 Å². The van der Waals surface area contributed by atoms with E-state index in [0.717, 1.165) is 44.9 Å². The van der Waals surface area contributed by atoms with Crippen LogP contribution in [0.1, 0.15) is 78.6 Å². The first-order chi connectivity index (χ1) is 13.9. The third kappa shape index (κ3) is 8.23. The van der Waals surface area contributed by atoms with Gasteiger partial charge in [-0.25, -0.2) is 4.79 Å². The third-order valence-corrected chi connectivity index (χ3v) is 5.20. The zero-order chi connectivity index (χ0) is 21.6. The topological polar surface area (TPSA) is 54.0 Å². The van der Waals surface area contributed by atoms with Crippen molar-refractivity contribution < 1.29 is 23.7 Å². The van der Waals surface area contributed by atoms with E-state index < -0.39 is 23.6 Å². The van der Waals surface area contributed by atoms with E-state index in [1.54, 1.807) is 13.8 Å². The zero-order valence-electron chi connectivity index (χ0n) is 18.6. The van der Waals surface area contributed by atoms with Crippen molar-refractivity contribution in [3.05, 3.63) is 12.2 Å². The van der Waals surface area contributed by atoms with Gasteiger partial charge in [0.25, 0.3) is 5.79 Å². The predicted molar refractivity (Wildman–Crippen MR) is 114 cm³/mol. The first-order valence-electron chi connectivity index (χ1n) is 10.6. The molecule has 0 aromatic heterocycles. The van der Waals surface area contributed by atoms with Gasteiger partial charge in [-0.15, -0.1) is 0 Å². The number of rotatable bonds is 11. The summed E-state index contributed by atoms with van der Waals surface area (Å²) in [7, 11) is 2.99. The molecule has 1 heterocycles. The molecule has 0 spiro atoms. The second kappa shape index (κ2) is 13.4. The average molecular weight is 405 g/mol. The van der Waals surface area contributed by atoms with Gasteiger partial charge >= 0.3 is 5.97 Å². The van der Waals surface area contributed by atoms with Crippen LogP contribution in [0.5, 0.6) is 0 Å². The number of esters is 1. The molecule has 3 atom stereocenters. The van der Waals surface area contributed by atoms with Crippen LogP contribution in [0.25, 0.3) is 0 Å². The Kier molecular flexibility index (Phi) is 11.7. The Hall–Kier alpha value is -1.79. The Morgan fingerprint density at radius 2 is 1.76 bits per heavy atom. The van der Waals surface area contributed by atoms with Gasteiger partial charge in [-0.3, -0.25) is 0 Å². The molecule has 1 aliphatic rings. The van der Waals surface area contributed by atoms with Gasteiger partial charge < -0.3 is 18.9 Å². The number of hydrogen-bond donors (Lipinski definition) is 0. The van der Waals surface area contributed by atoms with Crippen LogP contribution in [0.2, 0.25) is 0 Å². The van der Waals surface area contributed by atoms with Gasteiger partial charge in [-0.1, -0.05) is 50.5 Å². The molecule has 29 heavy (non-hydrogen) atoms. The number of hydrogen-bond acceptors (Lipinski definition) is 5. The van der Waals surface area contributed by atoms with Gasteiger partial charge in [0.15, 0.2) is 6.10 Å². The maximum atomic E-state index is 12.2. The molecule has 0 N–H and O–H groups in total. The quantitative estimate of drug-likeness (QED) is 0.283. The van der Waals surface area contributed by atoms with Crippen molar-refractivity contribution in [3.63, 3.8) is 0 Å². The predicted octanol–water partition coefficient (Wildman–Crippen LogP) is 4.75. The summed E-state index contributed by atoms with van der Waals surface area (Å²) < 4.78 is 22.1. The Morgan fingerprint density at radius 1 is 1.03 bits per heavy atom. The van der Waals surface area contributed by atoms with Crippen LogP contribution in [0.4, 0.5) is 0 Å². The van der Waals surface area contributed by atoms with Gasteiger partial charge in [0.05, 0.1) is 0 Å². The molecule has 0 aliphatic carbocycles. The molecule has 0 radical (unpaired) electrons. The van der Waals surface area contributed by atoms with E-state index in [2.05, 4.69) is 36.7 Å². The number of cyclic esters (lactones) is 1. The van der Waals surface area contributed by atoms with Crippen molar-refractivity contribution in [1.82, 2.24) is 0 Å². The molecule has 1 saturated heterocycles. The standard InChI is InChI=1S/C24H36O5/c1-6-7-8-9-10-11-12-13-14-15-16-17-18-19-20-21-22(25)29-24(3,27-5)23(2,26-4)28-21/h13-14,21H,6-8,15-20H2,1-5H3. The number of carbonyl (C=O) groups excluding carboxylic acids is 1. The fourth-order valence-electron chi connectivity index (χ4n) is 2.95. The zero-order valence-corrected chi connectivity index (χ0v) is 18.6. The average Bonchev–Trinajstić information content (AvgIpc) is 2.71. The van der Waals surface area contributed by atoms with Gasteiger partial charge in [0.1, 0.15) is 0 Å². The summed E-state index contributed by atoms with van der Waals surface area (Å²) in [6.07, 6.45) is 12.3. The normalized spacial score (nSPS) is 26.4. The van der Waals surface area contributed by atoms with E-state index in [1.165, 1.54) is 20.6 Å². The van der Waals surface area contributed by atoms with Crippen LogP contribution in [0, 0.1) is 23.7 Å². The summed E-state index contributed by atoms with van der Waals surface area (Å²) in [5.41, 5.74) is 0. The summed E-state index contributed by atoms with van der Waals surface area (Å²) in [6, 6.07) is 0. The van der Waals surface area contributed by atoms with Crippen LogP contribution in [-0.4, -0.2) is 37.9 Å². The lowest BCUT2D eigenvalue weighted by Crippen LogP contribution is -2.64. The number of unbranched alkanes of at least 4 members (excludes halogenated alkanes) is 6. The first-order valence-corrected chi connectivity index (χ1v) is 10.6. The summed E-state index contributed by atoms with van der Waals surface area (Å²) in [6.45, 7) is 5.52. The molecule has 5 heteroatoms. The second-order valence-electron chi connectivity index (χ2n) is 7.40. The van der Waals surface area contributed by atoms with E-state index in [-0.39, 0.29) is 0 Å². The minimum absolute atomic E-state index is 0.400. The highest BCUT2D eigenvalue weighted by molar-refractivity contribution is 5.75. The molecular weight excluding hydrogens is 368 g/mol. The van der Waals surface area contributed by atoms with Gasteiger partial charge in [-0.05, 0) is 50.5 Å². The molecule has 0 aromatic rings. The SMILES string of the molecule is CCCCC#CC#CC=CCCCCCCC1OC(C)(OC)C(C)(OC)OC1=O. The molecule has 1 rings (SSSR count). The monoisotopic (exact) mass is 404 g/mol. The first kappa shape index (κ1) is 25.2. The largest absolute Gasteiger partial charge is 0.425 e. The number of carbonyl (C=O) groups is 1. The molecule has 0 amide bonds. The molecule has 1 fully saturated rings. The smallest absolute Gasteiger partial charge is 0.338 e. The van der Waals surface area contributed by atoms with Gasteiger partial charge in [0.2, 0.25) is 5.79 Å². The minimum atomic E-state index is -1.26. The van der Waals surface area contributed by atoms with E-state index in [4.69, 9.17) is 18.9 Å². The van der Waals surface area contributed by atoms with E-state index in [1.807, 2.05) is 6.08 Å². The second-order valence-corrected chi connectivity index (χ2v) is 7.40.